The minimum atomic E-state index is -1.79. The number of hydrogen-bond acceptors (Lipinski definition) is 6. The van der Waals surface area contributed by atoms with E-state index in [4.69, 9.17) is 14.9 Å². The van der Waals surface area contributed by atoms with Crippen LogP contribution in [0.5, 0.6) is 5.75 Å². The first-order chi connectivity index (χ1) is 17.0. The summed E-state index contributed by atoms with van der Waals surface area (Å²) < 4.78 is 12.3. The highest BCUT2D eigenvalue weighted by Crippen LogP contribution is 2.55. The molecule has 3 aromatic carbocycles. The van der Waals surface area contributed by atoms with Crippen molar-refractivity contribution in [3.8, 4) is 11.8 Å². The minimum absolute atomic E-state index is 0.0452. The van der Waals surface area contributed by atoms with E-state index in [0.717, 1.165) is 10.0 Å². The molecule has 3 heterocycles. The van der Waals surface area contributed by atoms with E-state index >= 15 is 0 Å². The third kappa shape index (κ3) is 2.82. The van der Waals surface area contributed by atoms with Gasteiger partial charge in [0.1, 0.15) is 22.8 Å². The molecule has 35 heavy (non-hydrogen) atoms. The number of nitriles is 1. The molecule has 6 rings (SSSR count). The number of amides is 1. The lowest BCUT2D eigenvalue weighted by molar-refractivity contribution is -0.121. The number of fused-ring (bicyclic) bond motifs is 6. The monoisotopic (exact) mass is 525 g/mol. The zero-order valence-electron chi connectivity index (χ0n) is 18.1. The second-order valence-electron chi connectivity index (χ2n) is 8.33. The van der Waals surface area contributed by atoms with Crippen LogP contribution >= 0.6 is 15.9 Å². The summed E-state index contributed by atoms with van der Waals surface area (Å²) in [7, 11) is 0. The third-order valence-electron chi connectivity index (χ3n) is 6.48. The number of carbonyl (C=O) groups is 1. The van der Waals surface area contributed by atoms with E-state index in [-0.39, 0.29) is 29.3 Å². The topological polar surface area (TPSA) is 110 Å². The highest BCUT2D eigenvalue weighted by Gasteiger charge is 2.61. The van der Waals surface area contributed by atoms with E-state index in [0.29, 0.717) is 22.2 Å². The lowest BCUT2D eigenvalue weighted by Gasteiger charge is -2.33. The summed E-state index contributed by atoms with van der Waals surface area (Å²) >= 11 is 3.47. The number of anilines is 1. The Labute approximate surface area is 207 Å². The maximum atomic E-state index is 14.4. The number of nitrogens with two attached hydrogens (primary N) is 1. The van der Waals surface area contributed by atoms with Crippen LogP contribution in [0.3, 0.4) is 0 Å². The molecule has 0 saturated heterocycles. The highest BCUT2D eigenvalue weighted by atomic mass is 79.9. The van der Waals surface area contributed by atoms with Gasteiger partial charge in [0.25, 0.3) is 0 Å². The Morgan fingerprint density at radius 1 is 1.03 bits per heavy atom. The van der Waals surface area contributed by atoms with Gasteiger partial charge in [0.05, 0.1) is 11.9 Å². The number of rotatable bonds is 2. The molecular weight excluding hydrogens is 510 g/mol. The van der Waals surface area contributed by atoms with Crippen molar-refractivity contribution in [3.63, 3.8) is 0 Å². The fourth-order valence-electron chi connectivity index (χ4n) is 5.07. The summed E-state index contributed by atoms with van der Waals surface area (Å²) in [6.07, 6.45) is 0. The van der Waals surface area contributed by atoms with Crippen molar-refractivity contribution in [2.24, 2.45) is 5.73 Å². The molecule has 170 valence electrons. The average molecular weight is 526 g/mol. The number of nitrogens with zero attached hydrogens (tertiary/aromatic N) is 2. The van der Waals surface area contributed by atoms with Crippen molar-refractivity contribution in [1.29, 1.82) is 5.26 Å². The largest absolute Gasteiger partial charge is 0.439 e. The summed E-state index contributed by atoms with van der Waals surface area (Å²) in [6, 6.07) is 23.6. The molecule has 0 fully saturated rings. The fraction of sp³-hybridized carbons (Fsp3) is 0.0741. The summed E-state index contributed by atoms with van der Waals surface area (Å²) in [5.41, 5.74) is 5.75. The number of carbonyl (C=O) groups excluding carboxylic acids is 1. The Morgan fingerprint density at radius 2 is 1.80 bits per heavy atom. The first-order valence-corrected chi connectivity index (χ1v) is 11.6. The van der Waals surface area contributed by atoms with E-state index in [9.17, 15) is 14.9 Å². The van der Waals surface area contributed by atoms with E-state index in [1.165, 1.54) is 0 Å². The van der Waals surface area contributed by atoms with Gasteiger partial charge in [-0.05, 0) is 35.9 Å². The van der Waals surface area contributed by atoms with Crippen LogP contribution in [-0.4, -0.2) is 5.91 Å². The zero-order chi connectivity index (χ0) is 24.3. The molecule has 0 saturated carbocycles. The van der Waals surface area contributed by atoms with Crippen LogP contribution in [0.1, 0.15) is 16.7 Å². The van der Waals surface area contributed by atoms with Crippen LogP contribution in [0.4, 0.5) is 5.69 Å². The van der Waals surface area contributed by atoms with Crippen LogP contribution in [0.25, 0.3) is 11.0 Å². The standard InChI is InChI=1S/C27H16BrN3O4/c28-16-7-5-6-15(12-16)14-31-20-10-3-2-9-18(20)27(26(31)33)19(13-29)24(30)35-23-17-8-1-4-11-21(17)34-25(32)22(23)27/h1-12H,14,30H2. The van der Waals surface area contributed by atoms with Crippen molar-refractivity contribution in [1.82, 2.24) is 0 Å². The molecule has 0 aliphatic carbocycles. The van der Waals surface area contributed by atoms with Crippen molar-refractivity contribution in [2.75, 3.05) is 4.90 Å². The number of ether oxygens (including phenoxy) is 1. The predicted octanol–water partition coefficient (Wildman–Crippen LogP) is 4.47. The van der Waals surface area contributed by atoms with E-state index < -0.39 is 16.9 Å². The fourth-order valence-corrected chi connectivity index (χ4v) is 5.52. The van der Waals surface area contributed by atoms with Gasteiger partial charge in [0.15, 0.2) is 11.2 Å². The van der Waals surface area contributed by atoms with Crippen molar-refractivity contribution < 1.29 is 13.9 Å². The second kappa shape index (κ2) is 7.58. The zero-order valence-corrected chi connectivity index (χ0v) is 19.7. The van der Waals surface area contributed by atoms with Gasteiger partial charge in [0.2, 0.25) is 11.8 Å². The lowest BCUT2D eigenvalue weighted by Crippen LogP contribution is -2.48. The maximum absolute atomic E-state index is 14.4. The molecule has 4 aromatic rings. The van der Waals surface area contributed by atoms with Gasteiger partial charge in [-0.25, -0.2) is 4.79 Å². The summed E-state index contributed by atoms with van der Waals surface area (Å²) in [5, 5.41) is 10.7. The molecule has 8 heteroatoms. The minimum Gasteiger partial charge on any atom is -0.439 e. The number of para-hydroxylation sites is 2. The molecule has 2 aliphatic rings. The van der Waals surface area contributed by atoms with Gasteiger partial charge in [-0.2, -0.15) is 5.26 Å². The van der Waals surface area contributed by atoms with Crippen molar-refractivity contribution in [3.05, 3.63) is 116 Å². The normalized spacial score (nSPS) is 18.4. The first kappa shape index (κ1) is 21.2. The number of hydrogen-bond donors (Lipinski definition) is 1. The molecule has 1 atom stereocenters. The molecule has 0 bridgehead atoms. The molecule has 1 unspecified atom stereocenters. The first-order valence-electron chi connectivity index (χ1n) is 10.8. The summed E-state index contributed by atoms with van der Waals surface area (Å²) in [4.78, 5) is 29.5. The smallest absolute Gasteiger partial charge is 0.345 e. The predicted molar refractivity (Wildman–Crippen MR) is 132 cm³/mol. The van der Waals surface area contributed by atoms with E-state index in [1.54, 1.807) is 53.4 Å². The Balaban J connectivity index is 1.69. The average Bonchev–Trinajstić information content (AvgIpc) is 3.08. The number of halogens is 1. The van der Waals surface area contributed by atoms with Gasteiger partial charge in [0, 0.05) is 15.7 Å². The SMILES string of the molecule is N#CC1=C(N)Oc2c(c(=O)oc3ccccc23)C12C(=O)N(Cc1cccc(Br)c1)c1ccccc12. The van der Waals surface area contributed by atoms with E-state index in [1.807, 2.05) is 24.3 Å². The van der Waals surface area contributed by atoms with Crippen LogP contribution < -0.4 is 21.0 Å². The molecule has 2 aliphatic heterocycles. The molecule has 2 N–H and O–H groups in total. The molecule has 1 amide bonds. The van der Waals surface area contributed by atoms with Gasteiger partial charge in [-0.15, -0.1) is 0 Å². The summed E-state index contributed by atoms with van der Waals surface area (Å²) in [6.45, 7) is 0.227. The third-order valence-corrected chi connectivity index (χ3v) is 6.97. The van der Waals surface area contributed by atoms with Gasteiger partial charge in [-0.1, -0.05) is 58.4 Å². The van der Waals surface area contributed by atoms with Crippen LogP contribution in [0.15, 0.2) is 97.9 Å². The molecule has 0 radical (unpaired) electrons. The van der Waals surface area contributed by atoms with Crippen molar-refractivity contribution in [2.45, 2.75) is 12.0 Å². The number of benzene rings is 3. The quantitative estimate of drug-likeness (QED) is 0.386. The van der Waals surface area contributed by atoms with Crippen LogP contribution in [-0.2, 0) is 16.8 Å². The molecule has 1 spiro atoms. The van der Waals surface area contributed by atoms with E-state index in [2.05, 4.69) is 22.0 Å². The van der Waals surface area contributed by atoms with Crippen LogP contribution in [0.2, 0.25) is 0 Å². The highest BCUT2D eigenvalue weighted by molar-refractivity contribution is 9.10. The van der Waals surface area contributed by atoms with Gasteiger partial charge < -0.3 is 19.8 Å². The molecule has 1 aromatic heterocycles. The Bertz CT molecular complexity index is 1700. The maximum Gasteiger partial charge on any atom is 0.345 e. The second-order valence-corrected chi connectivity index (χ2v) is 9.25. The van der Waals surface area contributed by atoms with Gasteiger partial charge in [-0.3, -0.25) is 4.79 Å². The molecule has 7 nitrogen and oxygen atoms in total. The Hall–Kier alpha value is -4.35. The summed E-state index contributed by atoms with van der Waals surface area (Å²) in [5.74, 6) is -0.561. The van der Waals surface area contributed by atoms with Gasteiger partial charge >= 0.3 is 5.63 Å². The van der Waals surface area contributed by atoms with Crippen molar-refractivity contribution >= 4 is 38.5 Å². The Morgan fingerprint density at radius 3 is 2.60 bits per heavy atom. The van der Waals surface area contributed by atoms with Crippen LogP contribution in [0, 0.1) is 11.3 Å². The Kier molecular flexibility index (Phi) is 4.59. The lowest BCUT2D eigenvalue weighted by atomic mass is 9.69. The molecular formula is C27H16BrN3O4.